The van der Waals surface area contributed by atoms with Crippen molar-refractivity contribution in [3.05, 3.63) is 59.9 Å². The van der Waals surface area contributed by atoms with Crippen molar-refractivity contribution in [3.63, 3.8) is 0 Å². The summed E-state index contributed by atoms with van der Waals surface area (Å²) in [5.74, 6) is -1.21. The van der Waals surface area contributed by atoms with E-state index in [2.05, 4.69) is 0 Å². The molecule has 1 aliphatic heterocycles. The molecule has 4 nitrogen and oxygen atoms in total. The van der Waals surface area contributed by atoms with E-state index in [-0.39, 0.29) is 23.5 Å². The molecule has 0 aliphatic carbocycles. The van der Waals surface area contributed by atoms with Gasteiger partial charge < -0.3 is 9.64 Å². The Labute approximate surface area is 156 Å². The van der Waals surface area contributed by atoms with Crippen molar-refractivity contribution < 1.29 is 18.7 Å². The zero-order valence-corrected chi connectivity index (χ0v) is 15.5. The Morgan fingerprint density at radius 3 is 2.69 bits per heavy atom. The number of benzene rings is 2. The number of anilines is 1. The molecule has 136 valence electrons. The summed E-state index contributed by atoms with van der Waals surface area (Å²) >= 11 is 1.06. The molecule has 0 spiro atoms. The number of hydrogen-bond donors (Lipinski definition) is 0. The van der Waals surface area contributed by atoms with E-state index in [1.54, 1.807) is 30.0 Å². The van der Waals surface area contributed by atoms with Gasteiger partial charge in [-0.2, -0.15) is 0 Å². The van der Waals surface area contributed by atoms with Crippen molar-refractivity contribution in [1.82, 2.24) is 0 Å². The molecule has 3 rings (SSSR count). The lowest BCUT2D eigenvalue weighted by molar-refractivity contribution is -0.151. The highest BCUT2D eigenvalue weighted by atomic mass is 32.2. The zero-order valence-electron chi connectivity index (χ0n) is 14.6. The maximum atomic E-state index is 13.6. The summed E-state index contributed by atoms with van der Waals surface area (Å²) in [6, 6.07) is 14.0. The Bertz CT molecular complexity index is 826. The van der Waals surface area contributed by atoms with Crippen LogP contribution >= 0.6 is 11.8 Å². The van der Waals surface area contributed by atoms with Crippen molar-refractivity contribution in [2.75, 3.05) is 10.7 Å². The van der Waals surface area contributed by atoms with E-state index in [1.807, 2.05) is 31.2 Å². The second kappa shape index (κ2) is 7.91. The minimum Gasteiger partial charge on any atom is -0.452 e. The molecular formula is C20H20FNO3S. The van der Waals surface area contributed by atoms with E-state index in [4.69, 9.17) is 4.74 Å². The normalized spacial score (nSPS) is 16.9. The molecule has 26 heavy (non-hydrogen) atoms. The molecule has 0 fully saturated rings. The number of hydrogen-bond acceptors (Lipinski definition) is 4. The van der Waals surface area contributed by atoms with Gasteiger partial charge in [-0.25, -0.2) is 4.39 Å². The van der Waals surface area contributed by atoms with Gasteiger partial charge in [0.1, 0.15) is 5.82 Å². The van der Waals surface area contributed by atoms with E-state index < -0.39 is 12.1 Å². The summed E-state index contributed by atoms with van der Waals surface area (Å²) in [5.41, 5.74) is 1.98. The van der Waals surface area contributed by atoms with E-state index in [1.165, 1.54) is 6.07 Å². The molecule has 2 atom stereocenters. The average molecular weight is 373 g/mol. The molecule has 0 N–H and O–H groups in total. The standard InChI is InChI=1S/C20H20FNO3S/c1-13-11-15-7-3-5-9-17(15)22(13)20(24)14(2)25-19(23)12-26-18-10-6-4-8-16(18)21/h3-10,13-14H,11-12H2,1-2H3/t13-,14+/m0/s1. The average Bonchev–Trinajstić information content (AvgIpc) is 2.96. The van der Waals surface area contributed by atoms with Gasteiger partial charge in [0.2, 0.25) is 0 Å². The third kappa shape index (κ3) is 3.90. The van der Waals surface area contributed by atoms with Gasteiger partial charge in [-0.15, -0.1) is 11.8 Å². The van der Waals surface area contributed by atoms with Crippen LogP contribution in [0.3, 0.4) is 0 Å². The molecule has 0 unspecified atom stereocenters. The highest BCUT2D eigenvalue weighted by Crippen LogP contribution is 2.32. The van der Waals surface area contributed by atoms with Crippen molar-refractivity contribution in [3.8, 4) is 0 Å². The van der Waals surface area contributed by atoms with E-state index in [0.717, 1.165) is 29.4 Å². The number of fused-ring (bicyclic) bond motifs is 1. The molecular weight excluding hydrogens is 353 g/mol. The Hall–Kier alpha value is -2.34. The van der Waals surface area contributed by atoms with Crippen molar-refractivity contribution in [2.45, 2.75) is 37.3 Å². The highest BCUT2D eigenvalue weighted by Gasteiger charge is 2.34. The first-order chi connectivity index (χ1) is 12.5. The number of carbonyl (C=O) groups excluding carboxylic acids is 2. The number of ether oxygens (including phenoxy) is 1. The first-order valence-electron chi connectivity index (χ1n) is 8.45. The van der Waals surface area contributed by atoms with Crippen LogP contribution in [0.4, 0.5) is 10.1 Å². The largest absolute Gasteiger partial charge is 0.452 e. The Morgan fingerprint density at radius 2 is 1.92 bits per heavy atom. The Balaban J connectivity index is 1.59. The Kier molecular flexibility index (Phi) is 5.61. The molecule has 0 bridgehead atoms. The van der Waals surface area contributed by atoms with Gasteiger partial charge in [0, 0.05) is 16.6 Å². The van der Waals surface area contributed by atoms with E-state index >= 15 is 0 Å². The van der Waals surface area contributed by atoms with Crippen LogP contribution in [0.5, 0.6) is 0 Å². The van der Waals surface area contributed by atoms with Crippen LogP contribution in [0, 0.1) is 5.82 Å². The Morgan fingerprint density at radius 1 is 1.23 bits per heavy atom. The minimum atomic E-state index is -0.891. The predicted molar refractivity (Wildman–Crippen MR) is 99.8 cm³/mol. The second-order valence-electron chi connectivity index (χ2n) is 6.24. The fourth-order valence-corrected chi connectivity index (χ4v) is 3.80. The van der Waals surface area contributed by atoms with Crippen LogP contribution in [0.25, 0.3) is 0 Å². The van der Waals surface area contributed by atoms with E-state index in [0.29, 0.717) is 4.90 Å². The lowest BCUT2D eigenvalue weighted by Crippen LogP contribution is -2.43. The molecule has 0 saturated heterocycles. The summed E-state index contributed by atoms with van der Waals surface area (Å²) in [4.78, 5) is 26.9. The number of halogens is 1. The van der Waals surface area contributed by atoms with Crippen molar-refractivity contribution in [2.24, 2.45) is 0 Å². The van der Waals surface area contributed by atoms with Gasteiger partial charge in [0.15, 0.2) is 6.10 Å². The van der Waals surface area contributed by atoms with Crippen LogP contribution in [0.15, 0.2) is 53.4 Å². The van der Waals surface area contributed by atoms with Gasteiger partial charge in [-0.1, -0.05) is 30.3 Å². The molecule has 2 aromatic carbocycles. The lowest BCUT2D eigenvalue weighted by atomic mass is 10.1. The molecule has 0 saturated carbocycles. The summed E-state index contributed by atoms with van der Waals surface area (Å²) in [5, 5.41) is 0. The van der Waals surface area contributed by atoms with Crippen LogP contribution in [0.2, 0.25) is 0 Å². The summed E-state index contributed by atoms with van der Waals surface area (Å²) in [7, 11) is 0. The van der Waals surface area contributed by atoms with Crippen LogP contribution in [-0.4, -0.2) is 29.8 Å². The topological polar surface area (TPSA) is 46.6 Å². The fourth-order valence-electron chi connectivity index (χ4n) is 3.08. The van der Waals surface area contributed by atoms with Gasteiger partial charge in [-0.3, -0.25) is 9.59 Å². The minimum absolute atomic E-state index is 0.0221. The van der Waals surface area contributed by atoms with Crippen LogP contribution < -0.4 is 4.90 Å². The maximum Gasteiger partial charge on any atom is 0.317 e. The highest BCUT2D eigenvalue weighted by molar-refractivity contribution is 8.00. The molecule has 6 heteroatoms. The van der Waals surface area contributed by atoms with Crippen LogP contribution in [-0.2, 0) is 20.7 Å². The maximum absolute atomic E-state index is 13.6. The van der Waals surface area contributed by atoms with E-state index in [9.17, 15) is 14.0 Å². The predicted octanol–water partition coefficient (Wildman–Crippen LogP) is 3.83. The van der Waals surface area contributed by atoms with Crippen molar-refractivity contribution in [1.29, 1.82) is 0 Å². The summed E-state index contributed by atoms with van der Waals surface area (Å²) in [6.45, 7) is 3.54. The van der Waals surface area contributed by atoms with Crippen LogP contribution in [0.1, 0.15) is 19.4 Å². The number of nitrogens with zero attached hydrogens (tertiary/aromatic N) is 1. The smallest absolute Gasteiger partial charge is 0.317 e. The SMILES string of the molecule is C[C@@H](OC(=O)CSc1ccccc1F)C(=O)N1c2ccccc2C[C@@H]1C. The molecule has 2 aromatic rings. The number of carbonyl (C=O) groups is 2. The molecule has 1 amide bonds. The van der Waals surface area contributed by atoms with Crippen molar-refractivity contribution >= 4 is 29.3 Å². The molecule has 0 radical (unpaired) electrons. The number of para-hydroxylation sites is 1. The summed E-state index contributed by atoms with van der Waals surface area (Å²) < 4.78 is 18.9. The number of esters is 1. The van der Waals surface area contributed by atoms with Gasteiger partial charge in [0.25, 0.3) is 5.91 Å². The molecule has 1 aliphatic rings. The first-order valence-corrected chi connectivity index (χ1v) is 9.43. The lowest BCUT2D eigenvalue weighted by Gasteiger charge is -2.25. The number of amides is 1. The summed E-state index contributed by atoms with van der Waals surface area (Å²) in [6.07, 6.45) is -0.108. The third-order valence-corrected chi connectivity index (χ3v) is 5.30. The molecule has 0 aromatic heterocycles. The van der Waals surface area contributed by atoms with Gasteiger partial charge in [-0.05, 0) is 44.0 Å². The monoisotopic (exact) mass is 373 g/mol. The third-order valence-electron chi connectivity index (χ3n) is 4.28. The number of rotatable bonds is 5. The quantitative estimate of drug-likeness (QED) is 0.590. The first kappa shape index (κ1) is 18.5. The van der Waals surface area contributed by atoms with Gasteiger partial charge >= 0.3 is 5.97 Å². The zero-order chi connectivity index (χ0) is 18.7. The number of thioether (sulfide) groups is 1. The van der Waals surface area contributed by atoms with Gasteiger partial charge in [0.05, 0.1) is 5.75 Å². The molecule has 1 heterocycles. The second-order valence-corrected chi connectivity index (χ2v) is 7.26. The fraction of sp³-hybridized carbons (Fsp3) is 0.300.